The van der Waals surface area contributed by atoms with Crippen molar-refractivity contribution in [3.63, 3.8) is 0 Å². The number of hydrogen-bond donors (Lipinski definition) is 0. The first-order valence-corrected chi connectivity index (χ1v) is 7.77. The highest BCUT2D eigenvalue weighted by molar-refractivity contribution is 6.48. The molecule has 0 saturated heterocycles. The van der Waals surface area contributed by atoms with Gasteiger partial charge < -0.3 is 9.30 Å². The number of aromatic nitrogens is 1. The van der Waals surface area contributed by atoms with Gasteiger partial charge in [-0.3, -0.25) is 0 Å². The number of aryl methyl sites for hydroxylation is 1. The lowest BCUT2D eigenvalue weighted by atomic mass is 9.96. The number of halogens is 1. The molecule has 4 rings (SSSR count). The smallest absolute Gasteiger partial charge is 0.347 e. The molecule has 0 atom stereocenters. The quantitative estimate of drug-likeness (QED) is 0.527. The summed E-state index contributed by atoms with van der Waals surface area (Å²) in [6.45, 7) is 0. The molecule has 0 radical (unpaired) electrons. The molecule has 0 amide bonds. The van der Waals surface area contributed by atoms with Crippen molar-refractivity contribution < 1.29 is 14.3 Å². The zero-order valence-corrected chi connectivity index (χ0v) is 13.5. The Labute approximate surface area is 142 Å². The molecular formula is C19H12ClNO3. The fourth-order valence-corrected chi connectivity index (χ4v) is 3.37. The van der Waals surface area contributed by atoms with E-state index in [-0.39, 0.29) is 11.1 Å². The Kier molecular flexibility index (Phi) is 3.28. The molecule has 3 aromatic rings. The van der Waals surface area contributed by atoms with Gasteiger partial charge in [0.25, 0.3) is 0 Å². The van der Waals surface area contributed by atoms with Crippen LogP contribution in [0.1, 0.15) is 11.1 Å². The van der Waals surface area contributed by atoms with E-state index < -0.39 is 11.9 Å². The Morgan fingerprint density at radius 1 is 0.875 bits per heavy atom. The molecule has 1 aromatic heterocycles. The number of fused-ring (bicyclic) bond motifs is 1. The van der Waals surface area contributed by atoms with Crippen molar-refractivity contribution >= 4 is 45.6 Å². The van der Waals surface area contributed by atoms with Crippen molar-refractivity contribution in [3.05, 3.63) is 70.9 Å². The second-order valence-corrected chi connectivity index (χ2v) is 5.89. The summed E-state index contributed by atoms with van der Waals surface area (Å²) in [6, 6.07) is 16.6. The monoisotopic (exact) mass is 337 g/mol. The second-order valence-electron chi connectivity index (χ2n) is 5.53. The van der Waals surface area contributed by atoms with Crippen LogP contribution in [-0.2, 0) is 21.4 Å². The largest absolute Gasteiger partial charge is 0.386 e. The molecule has 0 aliphatic carbocycles. The first-order valence-electron chi connectivity index (χ1n) is 7.39. The Bertz CT molecular complexity index is 1030. The minimum absolute atomic E-state index is 0.216. The Hall–Kier alpha value is -2.85. The number of carbonyl (C=O) groups is 2. The summed E-state index contributed by atoms with van der Waals surface area (Å²) in [6.07, 6.45) is 0. The third-order valence-corrected chi connectivity index (χ3v) is 4.63. The molecule has 0 N–H and O–H groups in total. The third-order valence-electron chi connectivity index (χ3n) is 4.19. The van der Waals surface area contributed by atoms with Gasteiger partial charge in [-0.2, -0.15) is 0 Å². The van der Waals surface area contributed by atoms with Gasteiger partial charge in [0.2, 0.25) is 0 Å². The number of nitrogens with zero attached hydrogens (tertiary/aromatic N) is 1. The molecule has 0 bridgehead atoms. The van der Waals surface area contributed by atoms with Crippen LogP contribution in [0.3, 0.4) is 0 Å². The molecule has 4 nitrogen and oxygen atoms in total. The van der Waals surface area contributed by atoms with Crippen LogP contribution in [0.4, 0.5) is 0 Å². The topological polar surface area (TPSA) is 48.3 Å². The van der Waals surface area contributed by atoms with E-state index >= 15 is 0 Å². The highest BCUT2D eigenvalue weighted by Crippen LogP contribution is 2.41. The number of rotatable bonds is 2. The maximum atomic E-state index is 12.4. The molecule has 0 spiro atoms. The standard InChI is InChI=1S/C19H12ClNO3/c1-21-13-10-6-5-9-12(13)15(17(21)20)16-14(18(22)24-19(16)23)11-7-3-2-4-8-11/h2-10H,1H3. The van der Waals surface area contributed by atoms with Crippen molar-refractivity contribution in [2.24, 2.45) is 7.05 Å². The van der Waals surface area contributed by atoms with E-state index in [1.807, 2.05) is 37.4 Å². The van der Waals surface area contributed by atoms with E-state index in [2.05, 4.69) is 0 Å². The zero-order valence-electron chi connectivity index (χ0n) is 12.7. The van der Waals surface area contributed by atoms with Gasteiger partial charge in [0, 0.05) is 23.5 Å². The van der Waals surface area contributed by atoms with Gasteiger partial charge in [-0.05, 0) is 11.6 Å². The maximum absolute atomic E-state index is 12.4. The predicted molar refractivity (Wildman–Crippen MR) is 92.3 cm³/mol. The van der Waals surface area contributed by atoms with Gasteiger partial charge >= 0.3 is 11.9 Å². The molecule has 2 heterocycles. The normalized spacial score (nSPS) is 14.6. The fraction of sp³-hybridized carbons (Fsp3) is 0.0526. The summed E-state index contributed by atoms with van der Waals surface area (Å²) in [5.41, 5.74) is 2.51. The fourth-order valence-electron chi connectivity index (χ4n) is 3.08. The van der Waals surface area contributed by atoms with Crippen LogP contribution in [0.15, 0.2) is 54.6 Å². The van der Waals surface area contributed by atoms with Crippen LogP contribution < -0.4 is 0 Å². The summed E-state index contributed by atoms with van der Waals surface area (Å²) in [4.78, 5) is 24.7. The molecule has 1 aliphatic rings. The van der Waals surface area contributed by atoms with Crippen LogP contribution in [0.2, 0.25) is 5.15 Å². The molecule has 2 aromatic carbocycles. The lowest BCUT2D eigenvalue weighted by molar-refractivity contribution is -0.149. The number of carbonyl (C=O) groups excluding carboxylic acids is 2. The maximum Gasteiger partial charge on any atom is 0.347 e. The van der Waals surface area contributed by atoms with E-state index in [1.165, 1.54) is 0 Å². The average Bonchev–Trinajstić information content (AvgIpc) is 3.02. The number of ether oxygens (including phenoxy) is 1. The highest BCUT2D eigenvalue weighted by atomic mass is 35.5. The van der Waals surface area contributed by atoms with E-state index in [9.17, 15) is 9.59 Å². The number of benzene rings is 2. The van der Waals surface area contributed by atoms with Gasteiger partial charge in [-0.25, -0.2) is 9.59 Å². The Morgan fingerprint density at radius 2 is 1.50 bits per heavy atom. The minimum atomic E-state index is -0.669. The molecule has 118 valence electrons. The molecule has 1 aliphatic heterocycles. The van der Waals surface area contributed by atoms with Crippen molar-refractivity contribution in [1.29, 1.82) is 0 Å². The number of cyclic esters (lactones) is 2. The Morgan fingerprint density at radius 3 is 2.25 bits per heavy atom. The summed E-state index contributed by atoms with van der Waals surface area (Å²) in [5.74, 6) is -1.32. The molecule has 0 unspecified atom stereocenters. The van der Waals surface area contributed by atoms with E-state index in [1.54, 1.807) is 28.8 Å². The number of esters is 2. The summed E-state index contributed by atoms with van der Waals surface area (Å²) < 4.78 is 6.68. The molecule has 24 heavy (non-hydrogen) atoms. The zero-order chi connectivity index (χ0) is 16.8. The average molecular weight is 338 g/mol. The van der Waals surface area contributed by atoms with Crippen molar-refractivity contribution in [3.8, 4) is 0 Å². The van der Waals surface area contributed by atoms with Gasteiger partial charge in [0.1, 0.15) is 5.15 Å². The SMILES string of the molecule is Cn1c(Cl)c(C2=C(c3ccccc3)C(=O)OC2=O)c2ccccc21. The van der Waals surface area contributed by atoms with Crippen LogP contribution >= 0.6 is 11.6 Å². The van der Waals surface area contributed by atoms with Crippen LogP contribution in [0.25, 0.3) is 22.0 Å². The molecule has 0 fully saturated rings. The molecular weight excluding hydrogens is 326 g/mol. The number of hydrogen-bond acceptors (Lipinski definition) is 3. The minimum Gasteiger partial charge on any atom is -0.386 e. The number of para-hydroxylation sites is 1. The van der Waals surface area contributed by atoms with E-state index in [4.69, 9.17) is 16.3 Å². The van der Waals surface area contributed by atoms with Gasteiger partial charge in [-0.15, -0.1) is 0 Å². The predicted octanol–water partition coefficient (Wildman–Crippen LogP) is 3.83. The van der Waals surface area contributed by atoms with E-state index in [0.717, 1.165) is 10.9 Å². The van der Waals surface area contributed by atoms with Gasteiger partial charge in [0.05, 0.1) is 11.1 Å². The molecule has 0 saturated carbocycles. The van der Waals surface area contributed by atoms with E-state index in [0.29, 0.717) is 16.3 Å². The van der Waals surface area contributed by atoms with Gasteiger partial charge in [-0.1, -0.05) is 60.1 Å². The lowest BCUT2D eigenvalue weighted by Crippen LogP contribution is -2.02. The summed E-state index contributed by atoms with van der Waals surface area (Å²) in [7, 11) is 1.82. The van der Waals surface area contributed by atoms with Crippen LogP contribution in [0, 0.1) is 0 Å². The summed E-state index contributed by atoms with van der Waals surface area (Å²) in [5, 5.41) is 1.20. The van der Waals surface area contributed by atoms with Crippen LogP contribution in [-0.4, -0.2) is 16.5 Å². The Balaban J connectivity index is 2.11. The highest BCUT2D eigenvalue weighted by Gasteiger charge is 2.37. The van der Waals surface area contributed by atoms with Crippen molar-refractivity contribution in [2.75, 3.05) is 0 Å². The first-order chi connectivity index (χ1) is 11.6. The lowest BCUT2D eigenvalue weighted by Gasteiger charge is -2.03. The van der Waals surface area contributed by atoms with Crippen LogP contribution in [0.5, 0.6) is 0 Å². The first kappa shape index (κ1) is 14.7. The van der Waals surface area contributed by atoms with Crippen molar-refractivity contribution in [2.45, 2.75) is 0 Å². The van der Waals surface area contributed by atoms with Gasteiger partial charge in [0.15, 0.2) is 0 Å². The van der Waals surface area contributed by atoms with Crippen molar-refractivity contribution in [1.82, 2.24) is 4.57 Å². The third kappa shape index (κ3) is 2.00. The molecule has 5 heteroatoms. The summed E-state index contributed by atoms with van der Waals surface area (Å²) >= 11 is 6.49. The second kappa shape index (κ2) is 5.35.